The lowest BCUT2D eigenvalue weighted by molar-refractivity contribution is -0.336. The zero-order valence-corrected chi connectivity index (χ0v) is 20.8. The molecule has 8 amide bonds. The molecule has 6 fully saturated rings. The van der Waals surface area contributed by atoms with Gasteiger partial charge < -0.3 is 9.90 Å². The molecule has 6 saturated heterocycles. The lowest BCUT2D eigenvalue weighted by Crippen LogP contribution is -2.69. The van der Waals surface area contributed by atoms with Gasteiger partial charge in [-0.25, -0.2) is 17.2 Å². The highest BCUT2D eigenvalue weighted by Gasteiger charge is 2.78. The van der Waals surface area contributed by atoms with Crippen LogP contribution in [0.4, 0.5) is 0 Å². The van der Waals surface area contributed by atoms with Crippen LogP contribution in [0.2, 0.25) is 0 Å². The Kier molecular flexibility index (Phi) is 4.68. The predicted molar refractivity (Wildman–Crippen MR) is 115 cm³/mol. The normalized spacial score (nSPS) is 41.1. The minimum atomic E-state index is -2.77. The molecule has 6 atom stereocenters. The quantitative estimate of drug-likeness (QED) is 0.263. The summed E-state index contributed by atoms with van der Waals surface area (Å²) in [5.74, 6) is -17.3. The average Bonchev–Trinajstić information content (AvgIpc) is 3.47. The highest BCUT2D eigenvalue weighted by Crippen LogP contribution is 2.68. The van der Waals surface area contributed by atoms with E-state index in [0.717, 1.165) is 0 Å². The monoisotopic (exact) mass is 549 g/mol. The van der Waals surface area contributed by atoms with Gasteiger partial charge in [-0.05, 0) is 0 Å². The third-order valence-corrected chi connectivity index (χ3v) is 11.1. The van der Waals surface area contributed by atoms with Crippen molar-refractivity contribution in [2.24, 2.45) is 40.4 Å². The Labute approximate surface area is 216 Å². The van der Waals surface area contributed by atoms with E-state index in [1.54, 1.807) is 0 Å². The highest BCUT2D eigenvalue weighted by molar-refractivity contribution is 7.97. The number of amides is 8. The number of rotatable bonds is 2. The molecule has 0 N–H and O–H groups in total. The molecule has 6 rings (SSSR count). The van der Waals surface area contributed by atoms with Crippen LogP contribution in [0.25, 0.3) is 0 Å². The van der Waals surface area contributed by atoms with Gasteiger partial charge in [0, 0.05) is 42.0 Å². The van der Waals surface area contributed by atoms with Crippen molar-refractivity contribution in [1.29, 1.82) is 0 Å². The molecule has 6 unspecified atom stereocenters. The maximum absolute atomic E-state index is 13.7. The topological polar surface area (TPSA) is 190 Å². The second-order valence-corrected chi connectivity index (χ2v) is 12.0. The Bertz CT molecular complexity index is 1280. The molecule has 0 spiro atoms. The van der Waals surface area contributed by atoms with Gasteiger partial charge in [0.25, 0.3) is 0 Å². The number of imide groups is 4. The molecule has 6 aliphatic heterocycles. The fourth-order valence-electron chi connectivity index (χ4n) is 7.22. The molecular weight excluding hydrogens is 532 g/mol. The van der Waals surface area contributed by atoms with E-state index in [1.165, 1.54) is 13.8 Å². The van der Waals surface area contributed by atoms with Crippen molar-refractivity contribution in [2.45, 2.75) is 33.1 Å². The fourth-order valence-corrected chi connectivity index (χ4v) is 9.11. The Morgan fingerprint density at radius 2 is 1.11 bits per heavy atom. The van der Waals surface area contributed by atoms with E-state index in [1.807, 2.05) is 0 Å². The third kappa shape index (κ3) is 2.48. The van der Waals surface area contributed by atoms with Gasteiger partial charge >= 0.3 is 0 Å². The predicted octanol–water partition coefficient (Wildman–Crippen LogP) is -2.37. The van der Waals surface area contributed by atoms with Crippen molar-refractivity contribution in [3.8, 4) is 0 Å². The molecule has 8 bridgehead atoms. The molecule has 0 saturated carbocycles. The Balaban J connectivity index is 1.72. The summed E-state index contributed by atoms with van der Waals surface area (Å²) < 4.78 is 2.30. The van der Waals surface area contributed by atoms with E-state index < -0.39 is 113 Å². The first-order valence-corrected chi connectivity index (χ1v) is 12.8. The zero-order valence-electron chi connectivity index (χ0n) is 19.2. The second kappa shape index (κ2) is 7.18. The van der Waals surface area contributed by atoms with Crippen molar-refractivity contribution in [2.75, 3.05) is 0 Å². The van der Waals surface area contributed by atoms with Crippen molar-refractivity contribution >= 4 is 77.5 Å². The van der Waals surface area contributed by atoms with Crippen LogP contribution in [0.5, 0.6) is 0 Å². The number of aliphatic carboxylic acids is 1. The minimum absolute atomic E-state index is 0.275. The first kappa shape index (κ1) is 24.1. The summed E-state index contributed by atoms with van der Waals surface area (Å²) in [6.45, 7) is 2.48. The number of nitrogens with zero attached hydrogens (tertiary/aromatic N) is 4. The lowest BCUT2D eigenvalue weighted by Gasteiger charge is -2.59. The van der Waals surface area contributed by atoms with Crippen LogP contribution >= 0.6 is 24.3 Å². The summed E-state index contributed by atoms with van der Waals surface area (Å²) >= 11 is 0.594. The molecule has 0 radical (unpaired) electrons. The Morgan fingerprint density at radius 1 is 0.703 bits per heavy atom. The van der Waals surface area contributed by atoms with Gasteiger partial charge in [0.05, 0.1) is 47.9 Å². The second-order valence-electron chi connectivity index (χ2n) is 10.2. The van der Waals surface area contributed by atoms with Crippen molar-refractivity contribution < 1.29 is 48.3 Å². The number of fused-ring (bicyclic) bond motifs is 8. The zero-order chi connectivity index (χ0) is 26.9. The number of carboxylic acid groups (broad SMARTS) is 1. The number of carboxylic acids is 1. The van der Waals surface area contributed by atoms with Crippen molar-refractivity contribution in [3.63, 3.8) is 0 Å². The standard InChI is InChI=1S/C21H18N4O10S2/c1-6-13-18(33)25(14(6)29)37-24-12(28)5-9(17(24)32)21(13,19(34)35)20(2)7-3-10(26)22(15(7)30)36-23-11(27)4-8(20)16(23)31/h6-9,13H,3-5H2,1-2H3,(H,34,35)/p-1. The van der Waals surface area contributed by atoms with Gasteiger partial charge in [0.1, 0.15) is 0 Å². The van der Waals surface area contributed by atoms with Gasteiger partial charge in [0.2, 0.25) is 47.3 Å². The van der Waals surface area contributed by atoms with Crippen LogP contribution in [-0.4, -0.2) is 70.4 Å². The first-order chi connectivity index (χ1) is 17.3. The molecule has 0 aromatic rings. The summed E-state index contributed by atoms with van der Waals surface area (Å²) in [7, 11) is 0. The Morgan fingerprint density at radius 3 is 1.57 bits per heavy atom. The van der Waals surface area contributed by atoms with Gasteiger partial charge in [-0.2, -0.15) is 0 Å². The molecule has 16 heteroatoms. The summed E-state index contributed by atoms with van der Waals surface area (Å²) in [6, 6.07) is 0. The molecule has 194 valence electrons. The number of carbonyl (C=O) groups is 9. The largest absolute Gasteiger partial charge is 0.549 e. The maximum Gasteiger partial charge on any atom is 0.245 e. The molecule has 0 aromatic carbocycles. The fraction of sp³-hybridized carbons (Fsp3) is 0.571. The van der Waals surface area contributed by atoms with Crippen LogP contribution in [0.1, 0.15) is 33.1 Å². The van der Waals surface area contributed by atoms with E-state index >= 15 is 0 Å². The summed E-state index contributed by atoms with van der Waals surface area (Å²) in [5, 5.41) is 13.5. The van der Waals surface area contributed by atoms with Gasteiger partial charge in [0.15, 0.2) is 0 Å². The first-order valence-electron chi connectivity index (χ1n) is 11.4. The van der Waals surface area contributed by atoms with Gasteiger partial charge in [-0.3, -0.25) is 38.4 Å². The molecular formula is C21H17N4O10S2-. The van der Waals surface area contributed by atoms with Crippen molar-refractivity contribution in [1.82, 2.24) is 17.2 Å². The van der Waals surface area contributed by atoms with E-state index in [9.17, 15) is 48.3 Å². The van der Waals surface area contributed by atoms with Crippen LogP contribution in [0.3, 0.4) is 0 Å². The Hall–Kier alpha value is -3.27. The maximum atomic E-state index is 13.7. The molecule has 6 aliphatic rings. The molecule has 0 aromatic heterocycles. The number of hydrogen-bond acceptors (Lipinski definition) is 12. The molecule has 37 heavy (non-hydrogen) atoms. The summed E-state index contributed by atoms with van der Waals surface area (Å²) in [5.41, 5.74) is -5.02. The van der Waals surface area contributed by atoms with Gasteiger partial charge in [-0.1, -0.05) is 13.8 Å². The molecule has 6 heterocycles. The van der Waals surface area contributed by atoms with E-state index in [4.69, 9.17) is 0 Å². The smallest absolute Gasteiger partial charge is 0.245 e. The van der Waals surface area contributed by atoms with Crippen LogP contribution in [0.15, 0.2) is 0 Å². The third-order valence-electron chi connectivity index (χ3n) is 8.91. The van der Waals surface area contributed by atoms with Crippen LogP contribution in [0, 0.1) is 40.4 Å². The van der Waals surface area contributed by atoms with Crippen LogP contribution in [-0.2, 0) is 43.2 Å². The van der Waals surface area contributed by atoms with E-state index in [0.29, 0.717) is 29.4 Å². The summed E-state index contributed by atoms with van der Waals surface area (Å²) in [6.07, 6.45) is -1.83. The lowest BCUT2D eigenvalue weighted by atomic mass is 9.43. The van der Waals surface area contributed by atoms with E-state index in [2.05, 4.69) is 0 Å². The number of carbonyl (C=O) groups excluding carboxylic acids is 9. The SMILES string of the molecule is CC1C(=O)N2SN3C(=O)CC(C3=O)C(C(=O)[O-])(C3(C)C4CC(=O)N(SN5C(=O)CC3C5=O)C4=O)C1C2=O. The highest BCUT2D eigenvalue weighted by atomic mass is 32.2. The van der Waals surface area contributed by atoms with Crippen LogP contribution < -0.4 is 5.11 Å². The summed E-state index contributed by atoms with van der Waals surface area (Å²) in [4.78, 5) is 120. The van der Waals surface area contributed by atoms with Crippen molar-refractivity contribution in [3.05, 3.63) is 0 Å². The van der Waals surface area contributed by atoms with Gasteiger partial charge in [-0.15, -0.1) is 0 Å². The molecule has 0 aliphatic carbocycles. The minimum Gasteiger partial charge on any atom is -0.549 e. The van der Waals surface area contributed by atoms with E-state index in [-0.39, 0.29) is 12.1 Å². The molecule has 14 nitrogen and oxygen atoms in total. The average molecular weight is 550 g/mol. The number of hydrogen-bond donors (Lipinski definition) is 0.